The van der Waals surface area contributed by atoms with Crippen molar-refractivity contribution in [2.45, 2.75) is 0 Å². The predicted molar refractivity (Wildman–Crippen MR) is 54.5 cm³/mol. The van der Waals surface area contributed by atoms with E-state index in [4.69, 9.17) is 10.5 Å². The van der Waals surface area contributed by atoms with Crippen LogP contribution in [0, 0.1) is 11.6 Å². The minimum atomic E-state index is -1.13. The molecule has 17 heavy (non-hydrogen) atoms. The summed E-state index contributed by atoms with van der Waals surface area (Å²) in [7, 11) is 1.18. The highest BCUT2D eigenvalue weighted by molar-refractivity contribution is 5.82. The number of benzene rings is 1. The molecule has 1 aromatic carbocycles. The number of rotatable bonds is 2. The topological polar surface area (TPSA) is 81.5 Å². The molecule has 0 aliphatic heterocycles. The number of halogens is 2. The Kier molecular flexibility index (Phi) is 2.58. The zero-order valence-electron chi connectivity index (χ0n) is 8.70. The maximum Gasteiger partial charge on any atom is 0.230 e. The van der Waals surface area contributed by atoms with Crippen LogP contribution in [0.4, 0.5) is 14.7 Å². The van der Waals surface area contributed by atoms with Crippen LogP contribution in [-0.4, -0.2) is 17.4 Å². The number of ether oxygens (including phenoxy) is 1. The highest BCUT2D eigenvalue weighted by Gasteiger charge is 2.23. The van der Waals surface area contributed by atoms with Crippen molar-refractivity contribution in [3.05, 3.63) is 23.9 Å². The molecule has 3 N–H and O–H groups in total. The minimum Gasteiger partial charge on any atom is -0.504 e. The first-order valence-electron chi connectivity index (χ1n) is 4.51. The number of nitrogen functional groups attached to an aromatic ring is 1. The lowest BCUT2D eigenvalue weighted by molar-refractivity contribution is 0.373. The molecule has 0 aliphatic rings. The largest absolute Gasteiger partial charge is 0.504 e. The molecule has 2 rings (SSSR count). The summed E-state index contributed by atoms with van der Waals surface area (Å²) in [5, 5.41) is 12.9. The number of nitrogens with two attached hydrogens (primary N) is 1. The SMILES string of the molecule is COc1c(F)cc(F)c(O)c1-c1cnoc1N. The summed E-state index contributed by atoms with van der Waals surface area (Å²) in [5.74, 6) is -3.38. The highest BCUT2D eigenvalue weighted by atomic mass is 19.1. The van der Waals surface area contributed by atoms with Crippen LogP contribution in [0.1, 0.15) is 0 Å². The smallest absolute Gasteiger partial charge is 0.230 e. The normalized spacial score (nSPS) is 10.5. The van der Waals surface area contributed by atoms with E-state index in [1.165, 1.54) is 7.11 Å². The maximum absolute atomic E-state index is 13.4. The van der Waals surface area contributed by atoms with Crippen LogP contribution in [0.5, 0.6) is 11.5 Å². The number of phenols is 1. The van der Waals surface area contributed by atoms with E-state index in [2.05, 4.69) is 9.68 Å². The van der Waals surface area contributed by atoms with Crippen molar-refractivity contribution >= 4 is 5.88 Å². The van der Waals surface area contributed by atoms with Crippen molar-refractivity contribution in [3.63, 3.8) is 0 Å². The number of anilines is 1. The summed E-state index contributed by atoms with van der Waals surface area (Å²) in [6.45, 7) is 0. The molecule has 0 atom stereocenters. The standard InChI is InChI=1S/C10H8F2N2O3/c1-16-9-6(12)2-5(11)8(15)7(9)4-3-14-17-10(4)13/h2-3,15H,13H2,1H3. The summed E-state index contributed by atoms with van der Waals surface area (Å²) < 4.78 is 36.0. The first-order valence-corrected chi connectivity index (χ1v) is 4.51. The second-order valence-corrected chi connectivity index (χ2v) is 3.20. The Morgan fingerprint density at radius 2 is 2.12 bits per heavy atom. The van der Waals surface area contributed by atoms with E-state index in [0.29, 0.717) is 6.07 Å². The molecular weight excluding hydrogens is 234 g/mol. The van der Waals surface area contributed by atoms with Gasteiger partial charge in [0.15, 0.2) is 23.1 Å². The van der Waals surface area contributed by atoms with Gasteiger partial charge in [-0.3, -0.25) is 0 Å². The fraction of sp³-hybridized carbons (Fsp3) is 0.100. The Balaban J connectivity index is 2.80. The van der Waals surface area contributed by atoms with E-state index < -0.39 is 17.4 Å². The van der Waals surface area contributed by atoms with Crippen molar-refractivity contribution in [2.24, 2.45) is 0 Å². The molecule has 0 saturated carbocycles. The average Bonchev–Trinajstić information content (AvgIpc) is 2.69. The number of nitrogens with zero attached hydrogens (tertiary/aromatic N) is 1. The zero-order chi connectivity index (χ0) is 12.6. The molecule has 0 radical (unpaired) electrons. The highest BCUT2D eigenvalue weighted by Crippen LogP contribution is 2.43. The van der Waals surface area contributed by atoms with Gasteiger partial charge < -0.3 is 20.1 Å². The molecule has 1 aromatic heterocycles. The number of hydrogen-bond donors (Lipinski definition) is 2. The van der Waals surface area contributed by atoms with Gasteiger partial charge in [-0.05, 0) is 0 Å². The molecule has 0 bridgehead atoms. The molecular formula is C10H8F2N2O3. The van der Waals surface area contributed by atoms with E-state index in [9.17, 15) is 13.9 Å². The van der Waals surface area contributed by atoms with Crippen LogP contribution in [0.3, 0.4) is 0 Å². The van der Waals surface area contributed by atoms with Gasteiger partial charge in [-0.2, -0.15) is 0 Å². The molecule has 0 spiro atoms. The van der Waals surface area contributed by atoms with Gasteiger partial charge in [0.05, 0.1) is 24.4 Å². The van der Waals surface area contributed by atoms with Crippen molar-refractivity contribution in [1.29, 1.82) is 0 Å². The number of hydrogen-bond acceptors (Lipinski definition) is 5. The Hall–Kier alpha value is -2.31. The van der Waals surface area contributed by atoms with Gasteiger partial charge >= 0.3 is 0 Å². The van der Waals surface area contributed by atoms with Crippen LogP contribution in [0.2, 0.25) is 0 Å². The minimum absolute atomic E-state index is 0.0535. The Morgan fingerprint density at radius 3 is 2.65 bits per heavy atom. The third-order valence-electron chi connectivity index (χ3n) is 2.23. The Morgan fingerprint density at radius 1 is 1.41 bits per heavy atom. The molecule has 2 aromatic rings. The number of aromatic nitrogens is 1. The summed E-state index contributed by atoms with van der Waals surface area (Å²) in [6, 6.07) is 0.515. The van der Waals surface area contributed by atoms with E-state index in [-0.39, 0.29) is 22.8 Å². The van der Waals surface area contributed by atoms with Crippen molar-refractivity contribution in [2.75, 3.05) is 12.8 Å². The fourth-order valence-electron chi connectivity index (χ4n) is 1.48. The lowest BCUT2D eigenvalue weighted by atomic mass is 10.1. The van der Waals surface area contributed by atoms with Gasteiger partial charge in [-0.25, -0.2) is 8.78 Å². The maximum atomic E-state index is 13.4. The average molecular weight is 242 g/mol. The quantitative estimate of drug-likeness (QED) is 0.840. The van der Waals surface area contributed by atoms with Crippen LogP contribution in [-0.2, 0) is 0 Å². The van der Waals surface area contributed by atoms with Gasteiger partial charge in [-0.15, -0.1) is 0 Å². The first kappa shape index (κ1) is 11.2. The summed E-state index contributed by atoms with van der Waals surface area (Å²) in [5.41, 5.74) is 5.25. The summed E-state index contributed by atoms with van der Waals surface area (Å²) in [6.07, 6.45) is 1.13. The van der Waals surface area contributed by atoms with Crippen LogP contribution in [0.15, 0.2) is 16.8 Å². The van der Waals surface area contributed by atoms with E-state index in [1.54, 1.807) is 0 Å². The van der Waals surface area contributed by atoms with Gasteiger partial charge in [0.1, 0.15) is 0 Å². The molecule has 0 fully saturated rings. The molecule has 0 amide bonds. The van der Waals surface area contributed by atoms with Gasteiger partial charge in [0.25, 0.3) is 0 Å². The lowest BCUT2D eigenvalue weighted by Gasteiger charge is -2.10. The fourth-order valence-corrected chi connectivity index (χ4v) is 1.48. The first-order chi connectivity index (χ1) is 8.06. The molecule has 90 valence electrons. The molecule has 0 saturated heterocycles. The zero-order valence-corrected chi connectivity index (χ0v) is 8.70. The van der Waals surface area contributed by atoms with Crippen LogP contribution in [0.25, 0.3) is 11.1 Å². The van der Waals surface area contributed by atoms with E-state index in [1.807, 2.05) is 0 Å². The molecule has 7 heteroatoms. The second-order valence-electron chi connectivity index (χ2n) is 3.20. The monoisotopic (exact) mass is 242 g/mol. The Labute approximate surface area is 94.4 Å². The second kappa shape index (κ2) is 3.93. The summed E-state index contributed by atoms with van der Waals surface area (Å²) in [4.78, 5) is 0. The number of phenolic OH excluding ortho intramolecular Hbond substituents is 1. The van der Waals surface area contributed by atoms with Crippen molar-refractivity contribution in [3.8, 4) is 22.6 Å². The van der Waals surface area contributed by atoms with E-state index in [0.717, 1.165) is 6.20 Å². The third kappa shape index (κ3) is 1.65. The molecule has 5 nitrogen and oxygen atoms in total. The van der Waals surface area contributed by atoms with Crippen molar-refractivity contribution < 1.29 is 23.1 Å². The predicted octanol–water partition coefficient (Wildman–Crippen LogP) is 1.92. The lowest BCUT2D eigenvalue weighted by Crippen LogP contribution is -1.96. The van der Waals surface area contributed by atoms with Crippen molar-refractivity contribution in [1.82, 2.24) is 5.16 Å². The Bertz CT molecular complexity index is 569. The number of methoxy groups -OCH3 is 1. The molecule has 0 aliphatic carbocycles. The van der Waals surface area contributed by atoms with Gasteiger partial charge in [0, 0.05) is 6.07 Å². The molecule has 1 heterocycles. The van der Waals surface area contributed by atoms with Crippen LogP contribution < -0.4 is 10.5 Å². The van der Waals surface area contributed by atoms with Gasteiger partial charge in [-0.1, -0.05) is 5.16 Å². The third-order valence-corrected chi connectivity index (χ3v) is 2.23. The summed E-state index contributed by atoms with van der Waals surface area (Å²) >= 11 is 0. The molecule has 0 unspecified atom stereocenters. The van der Waals surface area contributed by atoms with Crippen LogP contribution >= 0.6 is 0 Å². The van der Waals surface area contributed by atoms with E-state index >= 15 is 0 Å². The van der Waals surface area contributed by atoms with Gasteiger partial charge in [0.2, 0.25) is 5.88 Å². The number of aromatic hydroxyl groups is 1.